The van der Waals surface area contributed by atoms with Gasteiger partial charge < -0.3 is 0 Å². The molecule has 0 spiro atoms. The quantitative estimate of drug-likeness (QED) is 0.450. The highest BCUT2D eigenvalue weighted by atomic mass is 79.9. The number of hydrogen-bond donors (Lipinski definition) is 0. The van der Waals surface area contributed by atoms with E-state index in [1.54, 1.807) is 12.1 Å². The number of fused-ring (bicyclic) bond motifs is 1. The summed E-state index contributed by atoms with van der Waals surface area (Å²) in [6.45, 7) is 0. The molecule has 0 saturated heterocycles. The Morgan fingerprint density at radius 1 is 1.09 bits per heavy atom. The molecule has 0 unspecified atom stereocenters. The van der Waals surface area contributed by atoms with E-state index in [2.05, 4.69) is 15.9 Å². The summed E-state index contributed by atoms with van der Waals surface area (Å²) in [5.74, 6) is -1.21. The number of nitrogens with zero attached hydrogens (tertiary/aromatic N) is 2. The Labute approximate surface area is 137 Å². The Hall–Kier alpha value is -2.25. The molecule has 0 bridgehead atoms. The van der Waals surface area contributed by atoms with Gasteiger partial charge in [0.25, 0.3) is 17.5 Å². The SMILES string of the molecule is O=C1c2ccccc2C(=O)N1c1c(Br)cc(Cl)cc1[N+](=O)[O-]. The first-order valence-electron chi connectivity index (χ1n) is 6.03. The van der Waals surface area contributed by atoms with Gasteiger partial charge in [-0.05, 0) is 34.1 Å². The van der Waals surface area contributed by atoms with Crippen LogP contribution in [0.1, 0.15) is 20.7 Å². The van der Waals surface area contributed by atoms with Crippen LogP contribution in [0.3, 0.4) is 0 Å². The van der Waals surface area contributed by atoms with Crippen molar-refractivity contribution in [2.45, 2.75) is 0 Å². The van der Waals surface area contributed by atoms with E-state index in [0.29, 0.717) is 0 Å². The summed E-state index contributed by atoms with van der Waals surface area (Å²) in [5.41, 5.74) is -0.123. The molecular formula is C14H6BrClN2O4. The smallest absolute Gasteiger partial charge is 0.268 e. The molecule has 110 valence electrons. The van der Waals surface area contributed by atoms with Crippen molar-refractivity contribution in [1.82, 2.24) is 0 Å². The van der Waals surface area contributed by atoms with Crippen molar-refractivity contribution in [3.63, 3.8) is 0 Å². The van der Waals surface area contributed by atoms with Gasteiger partial charge in [0.1, 0.15) is 5.69 Å². The lowest BCUT2D eigenvalue weighted by atomic mass is 10.1. The van der Waals surface area contributed by atoms with E-state index in [-0.39, 0.29) is 26.3 Å². The van der Waals surface area contributed by atoms with Crippen molar-refractivity contribution in [1.29, 1.82) is 0 Å². The number of benzene rings is 2. The van der Waals surface area contributed by atoms with E-state index in [4.69, 9.17) is 11.6 Å². The minimum atomic E-state index is -0.685. The molecule has 0 fully saturated rings. The molecule has 6 nitrogen and oxygen atoms in total. The average Bonchev–Trinajstić information content (AvgIpc) is 2.71. The fourth-order valence-electron chi connectivity index (χ4n) is 2.31. The fraction of sp³-hybridized carbons (Fsp3) is 0. The van der Waals surface area contributed by atoms with E-state index >= 15 is 0 Å². The molecule has 0 saturated carbocycles. The van der Waals surface area contributed by atoms with Crippen molar-refractivity contribution < 1.29 is 14.5 Å². The highest BCUT2D eigenvalue weighted by Gasteiger charge is 2.40. The van der Waals surface area contributed by atoms with Gasteiger partial charge in [-0.2, -0.15) is 0 Å². The number of anilines is 1. The first-order valence-corrected chi connectivity index (χ1v) is 7.20. The van der Waals surface area contributed by atoms with E-state index in [1.165, 1.54) is 18.2 Å². The van der Waals surface area contributed by atoms with E-state index < -0.39 is 22.4 Å². The molecule has 2 aromatic rings. The minimum absolute atomic E-state index is 0.124. The summed E-state index contributed by atoms with van der Waals surface area (Å²) in [6.07, 6.45) is 0. The van der Waals surface area contributed by atoms with Gasteiger partial charge >= 0.3 is 0 Å². The van der Waals surface area contributed by atoms with Gasteiger partial charge in [-0.1, -0.05) is 23.7 Å². The Morgan fingerprint density at radius 2 is 1.64 bits per heavy atom. The molecule has 0 radical (unpaired) electrons. The molecule has 1 heterocycles. The zero-order chi connectivity index (χ0) is 16.0. The third-order valence-corrected chi connectivity index (χ3v) is 4.05. The highest BCUT2D eigenvalue weighted by Crippen LogP contribution is 2.41. The summed E-state index contributed by atoms with van der Waals surface area (Å²) >= 11 is 8.95. The van der Waals surface area contributed by atoms with Crippen LogP contribution in [-0.4, -0.2) is 16.7 Å². The van der Waals surface area contributed by atoms with Gasteiger partial charge in [0.05, 0.1) is 20.5 Å². The second-order valence-electron chi connectivity index (χ2n) is 4.50. The average molecular weight is 382 g/mol. The topological polar surface area (TPSA) is 80.5 Å². The number of carbonyl (C=O) groups is 2. The number of nitro groups is 1. The summed E-state index contributed by atoms with van der Waals surface area (Å²) in [6, 6.07) is 8.76. The Bertz CT molecular complexity index is 818. The molecule has 0 aliphatic carbocycles. The normalized spacial score (nSPS) is 13.5. The molecule has 1 aliphatic heterocycles. The summed E-state index contributed by atoms with van der Waals surface area (Å²) < 4.78 is 0.196. The van der Waals surface area contributed by atoms with Crippen molar-refractivity contribution in [3.8, 4) is 0 Å². The van der Waals surface area contributed by atoms with Crippen LogP contribution < -0.4 is 4.90 Å². The van der Waals surface area contributed by atoms with Crippen LogP contribution in [0.15, 0.2) is 40.9 Å². The number of hydrogen-bond acceptors (Lipinski definition) is 4. The van der Waals surface area contributed by atoms with E-state index in [0.717, 1.165) is 11.0 Å². The maximum Gasteiger partial charge on any atom is 0.296 e. The van der Waals surface area contributed by atoms with Crippen LogP contribution in [0.5, 0.6) is 0 Å². The second kappa shape index (κ2) is 5.19. The third kappa shape index (κ3) is 2.10. The molecule has 22 heavy (non-hydrogen) atoms. The Balaban J connectivity index is 2.24. The molecule has 2 amide bonds. The van der Waals surface area contributed by atoms with Crippen LogP contribution in [0.2, 0.25) is 5.02 Å². The molecule has 1 aliphatic rings. The summed E-state index contributed by atoms with van der Waals surface area (Å²) in [5, 5.41) is 11.4. The van der Waals surface area contributed by atoms with Crippen molar-refractivity contribution >= 4 is 50.7 Å². The van der Waals surface area contributed by atoms with Crippen molar-refractivity contribution in [2.75, 3.05) is 4.90 Å². The molecule has 3 rings (SSSR count). The number of amides is 2. The van der Waals surface area contributed by atoms with Gasteiger partial charge in [-0.15, -0.1) is 0 Å². The predicted octanol–water partition coefficient (Wildman–Crippen LogP) is 3.81. The van der Waals surface area contributed by atoms with E-state index in [1.807, 2.05) is 0 Å². The number of nitro benzene ring substituents is 1. The molecule has 0 aromatic heterocycles. The maximum atomic E-state index is 12.4. The van der Waals surface area contributed by atoms with Crippen LogP contribution in [0.25, 0.3) is 0 Å². The van der Waals surface area contributed by atoms with Gasteiger partial charge in [-0.3, -0.25) is 19.7 Å². The van der Waals surface area contributed by atoms with Crippen LogP contribution in [0.4, 0.5) is 11.4 Å². The lowest BCUT2D eigenvalue weighted by Crippen LogP contribution is -2.30. The van der Waals surface area contributed by atoms with Gasteiger partial charge in [-0.25, -0.2) is 4.90 Å². The van der Waals surface area contributed by atoms with Crippen molar-refractivity contribution in [3.05, 3.63) is 67.1 Å². The zero-order valence-electron chi connectivity index (χ0n) is 10.7. The highest BCUT2D eigenvalue weighted by molar-refractivity contribution is 9.10. The lowest BCUT2D eigenvalue weighted by molar-refractivity contribution is -0.384. The fourth-order valence-corrected chi connectivity index (χ4v) is 3.28. The monoisotopic (exact) mass is 380 g/mol. The zero-order valence-corrected chi connectivity index (χ0v) is 13.1. The molecule has 8 heteroatoms. The van der Waals surface area contributed by atoms with Crippen LogP contribution >= 0.6 is 27.5 Å². The largest absolute Gasteiger partial charge is 0.296 e. The summed E-state index contributed by atoms with van der Waals surface area (Å²) in [4.78, 5) is 36.3. The number of halogens is 2. The molecule has 0 atom stereocenters. The number of imide groups is 1. The van der Waals surface area contributed by atoms with Gasteiger partial charge in [0.15, 0.2) is 0 Å². The predicted molar refractivity (Wildman–Crippen MR) is 83.4 cm³/mol. The minimum Gasteiger partial charge on any atom is -0.268 e. The van der Waals surface area contributed by atoms with Crippen LogP contribution in [0, 0.1) is 10.1 Å². The number of rotatable bonds is 2. The lowest BCUT2D eigenvalue weighted by Gasteiger charge is -2.16. The standard InChI is InChI=1S/C14H6BrClN2O4/c15-10-5-7(16)6-11(18(21)22)12(10)17-13(19)8-3-1-2-4-9(8)14(17)20/h1-6H. The first kappa shape index (κ1) is 14.7. The van der Waals surface area contributed by atoms with Gasteiger partial charge in [0, 0.05) is 11.1 Å². The molecule has 0 N–H and O–H groups in total. The number of carbonyl (C=O) groups excluding carboxylic acids is 2. The molecular weight excluding hydrogens is 376 g/mol. The Morgan fingerprint density at radius 3 is 2.14 bits per heavy atom. The third-order valence-electron chi connectivity index (χ3n) is 3.22. The second-order valence-corrected chi connectivity index (χ2v) is 5.79. The van der Waals surface area contributed by atoms with Crippen molar-refractivity contribution in [2.24, 2.45) is 0 Å². The maximum absolute atomic E-state index is 12.4. The molecule has 2 aromatic carbocycles. The van der Waals surface area contributed by atoms with Gasteiger partial charge in [0.2, 0.25) is 0 Å². The van der Waals surface area contributed by atoms with Crippen LogP contribution in [-0.2, 0) is 0 Å². The Kier molecular flexibility index (Phi) is 3.46. The van der Waals surface area contributed by atoms with E-state index in [9.17, 15) is 19.7 Å². The summed E-state index contributed by atoms with van der Waals surface area (Å²) in [7, 11) is 0. The first-order chi connectivity index (χ1) is 10.4.